The van der Waals surface area contributed by atoms with E-state index in [1.165, 1.54) is 14.9 Å². The standard InChI is InChI=1S/C10H7.Ga.2H/c1-2-6-10-8-4-3-7-9(10)5-1;;;/h1-7H;;;. The van der Waals surface area contributed by atoms with E-state index < -0.39 is 0 Å². The molecule has 1 heteroatoms. The number of hydrogen-bond donors (Lipinski definition) is 0. The fourth-order valence-corrected chi connectivity index (χ4v) is 2.75. The third kappa shape index (κ3) is 1.22. The first kappa shape index (κ1) is 7.01. The molecule has 0 N–H and O–H groups in total. The minimum absolute atomic E-state index is 0.786. The molecule has 2 rings (SSSR count). The van der Waals surface area contributed by atoms with E-state index in [0.29, 0.717) is 0 Å². The van der Waals surface area contributed by atoms with Crippen LogP contribution in [-0.2, 0) is 0 Å². The van der Waals surface area contributed by atoms with Gasteiger partial charge in [0.05, 0.1) is 0 Å². The summed E-state index contributed by atoms with van der Waals surface area (Å²) in [7, 11) is 0. The van der Waals surface area contributed by atoms with E-state index in [-0.39, 0.29) is 0 Å². The number of rotatable bonds is 0. The summed E-state index contributed by atoms with van der Waals surface area (Å²) in [6.45, 7) is 0. The van der Waals surface area contributed by atoms with E-state index >= 15 is 0 Å². The van der Waals surface area contributed by atoms with Gasteiger partial charge in [-0.05, 0) is 0 Å². The fraction of sp³-hybridized carbons (Fsp3) is 0. The molecule has 0 aliphatic heterocycles. The Morgan fingerprint density at radius 3 is 2.36 bits per heavy atom. The Balaban J connectivity index is 2.91. The zero-order valence-corrected chi connectivity index (χ0v) is 10.7. The van der Waals surface area contributed by atoms with Crippen LogP contribution in [0, 0.1) is 0 Å². The van der Waals surface area contributed by atoms with Crippen LogP contribution >= 0.6 is 0 Å². The molecule has 0 amide bonds. The van der Waals surface area contributed by atoms with Gasteiger partial charge < -0.3 is 0 Å². The van der Waals surface area contributed by atoms with Gasteiger partial charge in [-0.3, -0.25) is 0 Å². The molecule has 0 aromatic heterocycles. The molecule has 0 radical (unpaired) electrons. The summed E-state index contributed by atoms with van der Waals surface area (Å²) in [5.74, 6) is 0. The van der Waals surface area contributed by atoms with Gasteiger partial charge in [-0.2, -0.15) is 0 Å². The van der Waals surface area contributed by atoms with Gasteiger partial charge in [0.1, 0.15) is 0 Å². The molecule has 0 aliphatic carbocycles. The summed E-state index contributed by atoms with van der Waals surface area (Å²) in [6, 6.07) is 15.1. The molecule has 0 nitrogen and oxygen atoms in total. The molecule has 0 saturated heterocycles. The molecule has 52 valence electrons. The Bertz CT molecular complexity index is 374. The average Bonchev–Trinajstić information content (AvgIpc) is 2.06. The Kier molecular flexibility index (Phi) is 1.76. The molecule has 0 aliphatic rings. The maximum absolute atomic E-state index is 2.22. The van der Waals surface area contributed by atoms with Crippen molar-refractivity contribution in [1.29, 1.82) is 0 Å². The van der Waals surface area contributed by atoms with Crippen molar-refractivity contribution in [3.05, 3.63) is 42.5 Å². The molecule has 0 saturated carbocycles. The predicted molar refractivity (Wildman–Crippen MR) is 52.1 cm³/mol. The van der Waals surface area contributed by atoms with Crippen LogP contribution in [0.1, 0.15) is 0 Å². The van der Waals surface area contributed by atoms with Crippen LogP contribution in [0.15, 0.2) is 42.5 Å². The van der Waals surface area contributed by atoms with Crippen LogP contribution in [0.3, 0.4) is 0 Å². The summed E-state index contributed by atoms with van der Waals surface area (Å²) >= 11 is 0.786. The van der Waals surface area contributed by atoms with E-state index in [9.17, 15) is 0 Å². The van der Waals surface area contributed by atoms with Crippen molar-refractivity contribution in [2.24, 2.45) is 0 Å². The van der Waals surface area contributed by atoms with E-state index in [4.69, 9.17) is 0 Å². The van der Waals surface area contributed by atoms with Gasteiger partial charge in [0, 0.05) is 0 Å². The van der Waals surface area contributed by atoms with Gasteiger partial charge in [-0.15, -0.1) is 0 Å². The Morgan fingerprint density at radius 2 is 1.55 bits per heavy atom. The molecule has 0 unspecified atom stereocenters. The quantitative estimate of drug-likeness (QED) is 0.557. The van der Waals surface area contributed by atoms with Crippen molar-refractivity contribution in [3.8, 4) is 0 Å². The second kappa shape index (κ2) is 2.76. The van der Waals surface area contributed by atoms with E-state index in [2.05, 4.69) is 42.5 Å². The van der Waals surface area contributed by atoms with Crippen LogP contribution < -0.4 is 4.12 Å². The summed E-state index contributed by atoms with van der Waals surface area (Å²) in [5.41, 5.74) is 0. The monoisotopic (exact) mass is 198 g/mol. The molecule has 0 fully saturated rings. The molecule has 11 heavy (non-hydrogen) atoms. The first-order valence-electron chi connectivity index (χ1n) is 3.82. The molecular weight excluding hydrogens is 190 g/mol. The van der Waals surface area contributed by atoms with Gasteiger partial charge in [-0.25, -0.2) is 0 Å². The summed E-state index contributed by atoms with van der Waals surface area (Å²) in [4.78, 5) is 0. The van der Waals surface area contributed by atoms with Gasteiger partial charge in [0.25, 0.3) is 0 Å². The zero-order chi connectivity index (χ0) is 7.68. The zero-order valence-electron chi connectivity index (χ0n) is 6.54. The summed E-state index contributed by atoms with van der Waals surface area (Å²) in [6.07, 6.45) is 0. The van der Waals surface area contributed by atoms with Gasteiger partial charge in [-0.1, -0.05) is 0 Å². The van der Waals surface area contributed by atoms with Crippen LogP contribution in [0.4, 0.5) is 0 Å². The molecule has 0 atom stereocenters. The summed E-state index contributed by atoms with van der Waals surface area (Å²) < 4.78 is 1.54. The van der Waals surface area contributed by atoms with Crippen molar-refractivity contribution in [2.45, 2.75) is 0 Å². The second-order valence-electron chi connectivity index (χ2n) is 2.80. The first-order chi connectivity index (χ1) is 5.38. The van der Waals surface area contributed by atoms with Gasteiger partial charge >= 0.3 is 76.0 Å². The van der Waals surface area contributed by atoms with Crippen LogP contribution in [0.2, 0.25) is 0 Å². The van der Waals surface area contributed by atoms with Crippen molar-refractivity contribution in [3.63, 3.8) is 0 Å². The average molecular weight is 199 g/mol. The molecule has 2 aromatic carbocycles. The number of fused-ring (bicyclic) bond motifs is 1. The second-order valence-corrected chi connectivity index (χ2v) is 5.06. The van der Waals surface area contributed by atoms with Crippen LogP contribution in [0.5, 0.6) is 0 Å². The fourth-order valence-electron chi connectivity index (χ4n) is 1.39. The van der Waals surface area contributed by atoms with Crippen molar-refractivity contribution < 1.29 is 0 Å². The minimum atomic E-state index is 0.786. The third-order valence-corrected chi connectivity index (χ3v) is 3.84. The topological polar surface area (TPSA) is 0 Å². The van der Waals surface area contributed by atoms with Crippen molar-refractivity contribution in [2.75, 3.05) is 0 Å². The molecule has 0 bridgehead atoms. The molecular formula is C10H9Ga. The molecule has 0 spiro atoms. The third-order valence-electron chi connectivity index (χ3n) is 2.01. The number of benzene rings is 2. The maximum atomic E-state index is 2.22. The number of hydrogen-bond acceptors (Lipinski definition) is 0. The molecule has 0 heterocycles. The first-order valence-corrected chi connectivity index (χ1v) is 5.92. The summed E-state index contributed by atoms with van der Waals surface area (Å²) in [5, 5.41) is 2.81. The Labute approximate surface area is 76.2 Å². The van der Waals surface area contributed by atoms with Crippen LogP contribution in [-0.4, -0.2) is 18.6 Å². The van der Waals surface area contributed by atoms with Crippen molar-refractivity contribution in [1.82, 2.24) is 0 Å². The predicted octanol–water partition coefficient (Wildman–Crippen LogP) is 1.10. The van der Waals surface area contributed by atoms with E-state index in [1.807, 2.05) is 0 Å². The molecule has 2 aromatic rings. The Hall–Kier alpha value is -0.664. The Morgan fingerprint density at radius 1 is 0.818 bits per heavy atom. The van der Waals surface area contributed by atoms with E-state index in [0.717, 1.165) is 18.6 Å². The van der Waals surface area contributed by atoms with Gasteiger partial charge in [0.15, 0.2) is 0 Å². The van der Waals surface area contributed by atoms with Crippen LogP contribution in [0.25, 0.3) is 10.8 Å². The van der Waals surface area contributed by atoms with Gasteiger partial charge in [0.2, 0.25) is 0 Å². The SMILES string of the molecule is [GaH2][c]1cccc2ccccc12. The van der Waals surface area contributed by atoms with Crippen molar-refractivity contribution >= 4 is 33.5 Å². The normalized spacial score (nSPS) is 10.2. The van der Waals surface area contributed by atoms with E-state index in [1.54, 1.807) is 0 Å².